The minimum absolute atomic E-state index is 0.0224. The van der Waals surface area contributed by atoms with Crippen molar-refractivity contribution in [2.45, 2.75) is 24.8 Å². The van der Waals surface area contributed by atoms with E-state index in [1.54, 1.807) is 14.2 Å². The number of rotatable bonds is 6. The number of hydrogen-bond donors (Lipinski definition) is 1. The molecule has 0 bridgehead atoms. The molecule has 0 unspecified atom stereocenters. The van der Waals surface area contributed by atoms with Crippen LogP contribution in [-0.4, -0.2) is 20.1 Å². The summed E-state index contributed by atoms with van der Waals surface area (Å²) in [5.74, 6) is 1.40. The number of carbonyl (C=O) groups is 1. The maximum Gasteiger partial charge on any atom is 0.225 e. The molecule has 0 aliphatic heterocycles. The van der Waals surface area contributed by atoms with E-state index in [1.807, 2.05) is 42.5 Å². The van der Waals surface area contributed by atoms with Crippen molar-refractivity contribution in [2.24, 2.45) is 0 Å². The summed E-state index contributed by atoms with van der Waals surface area (Å²) in [6.45, 7) is 0. The Morgan fingerprint density at radius 1 is 1.12 bits per heavy atom. The van der Waals surface area contributed by atoms with Gasteiger partial charge in [0, 0.05) is 4.47 Å². The predicted octanol–water partition coefficient (Wildman–Crippen LogP) is 3.81. The molecule has 1 aliphatic carbocycles. The van der Waals surface area contributed by atoms with E-state index in [-0.39, 0.29) is 11.4 Å². The molecule has 24 heavy (non-hydrogen) atoms. The molecular formula is C19H20BrNO3. The molecule has 1 fully saturated rings. The van der Waals surface area contributed by atoms with Crippen molar-refractivity contribution in [3.63, 3.8) is 0 Å². The molecule has 2 aromatic rings. The van der Waals surface area contributed by atoms with Crippen LogP contribution < -0.4 is 14.8 Å². The predicted molar refractivity (Wildman–Crippen MR) is 96.4 cm³/mol. The van der Waals surface area contributed by atoms with Crippen LogP contribution in [0.5, 0.6) is 11.5 Å². The van der Waals surface area contributed by atoms with Crippen molar-refractivity contribution < 1.29 is 14.3 Å². The first-order valence-corrected chi connectivity index (χ1v) is 8.64. The second-order valence-corrected chi connectivity index (χ2v) is 6.82. The van der Waals surface area contributed by atoms with Gasteiger partial charge in [-0.05, 0) is 42.2 Å². The van der Waals surface area contributed by atoms with E-state index in [0.717, 1.165) is 28.4 Å². The first-order valence-electron chi connectivity index (χ1n) is 7.85. The third kappa shape index (κ3) is 3.41. The lowest BCUT2D eigenvalue weighted by Crippen LogP contribution is -2.36. The Hall–Kier alpha value is -2.01. The molecule has 0 spiro atoms. The Morgan fingerprint density at radius 3 is 2.46 bits per heavy atom. The zero-order chi connectivity index (χ0) is 17.2. The highest BCUT2D eigenvalue weighted by molar-refractivity contribution is 9.10. The molecule has 5 heteroatoms. The number of benzene rings is 2. The van der Waals surface area contributed by atoms with Crippen LogP contribution in [0, 0.1) is 0 Å². The van der Waals surface area contributed by atoms with E-state index in [4.69, 9.17) is 9.47 Å². The smallest absolute Gasteiger partial charge is 0.225 e. The number of nitrogens with one attached hydrogen (secondary N) is 1. The number of hydrogen-bond acceptors (Lipinski definition) is 3. The molecule has 1 amide bonds. The summed E-state index contributed by atoms with van der Waals surface area (Å²) in [6.07, 6.45) is 2.23. The highest BCUT2D eigenvalue weighted by Crippen LogP contribution is 2.47. The van der Waals surface area contributed by atoms with Crippen molar-refractivity contribution in [3.8, 4) is 11.5 Å². The van der Waals surface area contributed by atoms with Crippen LogP contribution in [0.4, 0.5) is 0 Å². The molecule has 4 nitrogen and oxygen atoms in total. The Morgan fingerprint density at radius 2 is 1.83 bits per heavy atom. The maximum absolute atomic E-state index is 12.5. The average Bonchev–Trinajstić information content (AvgIpc) is 3.36. The van der Waals surface area contributed by atoms with Crippen LogP contribution in [0.3, 0.4) is 0 Å². The Bertz CT molecular complexity index is 756. The number of halogens is 1. The summed E-state index contributed by atoms with van der Waals surface area (Å²) in [7, 11) is 3.23. The fourth-order valence-corrected chi connectivity index (χ4v) is 3.30. The van der Waals surface area contributed by atoms with Crippen LogP contribution in [0.2, 0.25) is 0 Å². The topological polar surface area (TPSA) is 47.6 Å². The average molecular weight is 390 g/mol. The molecule has 0 aromatic heterocycles. The van der Waals surface area contributed by atoms with Gasteiger partial charge in [0.05, 0.1) is 26.2 Å². The van der Waals surface area contributed by atoms with E-state index >= 15 is 0 Å². The van der Waals surface area contributed by atoms with E-state index in [1.165, 1.54) is 0 Å². The van der Waals surface area contributed by atoms with Gasteiger partial charge in [-0.1, -0.05) is 40.2 Å². The first-order chi connectivity index (χ1) is 11.6. The third-order valence-electron chi connectivity index (χ3n) is 4.37. The van der Waals surface area contributed by atoms with Crippen LogP contribution in [0.1, 0.15) is 24.0 Å². The lowest BCUT2D eigenvalue weighted by Gasteiger charge is -2.20. The Balaban J connectivity index is 1.75. The normalized spacial score (nSPS) is 14.8. The SMILES string of the molecule is COc1ccc(C2(NC(=O)Cc3ccccc3Br)CC2)cc1OC. The van der Waals surface area contributed by atoms with E-state index < -0.39 is 0 Å². The van der Waals surface area contributed by atoms with Gasteiger partial charge in [0.2, 0.25) is 5.91 Å². The second-order valence-electron chi connectivity index (χ2n) is 5.97. The lowest BCUT2D eigenvalue weighted by molar-refractivity contribution is -0.121. The molecule has 2 aromatic carbocycles. The van der Waals surface area contributed by atoms with Gasteiger partial charge >= 0.3 is 0 Å². The standard InChI is InChI=1S/C19H20BrNO3/c1-23-16-8-7-14(12-17(16)24-2)19(9-10-19)21-18(22)11-13-5-3-4-6-15(13)20/h3-8,12H,9-11H2,1-2H3,(H,21,22). The molecule has 0 heterocycles. The number of amides is 1. The van der Waals surface area contributed by atoms with Gasteiger partial charge in [0.15, 0.2) is 11.5 Å². The van der Waals surface area contributed by atoms with Gasteiger partial charge in [-0.3, -0.25) is 4.79 Å². The Labute approximate surface area is 150 Å². The fourth-order valence-electron chi connectivity index (χ4n) is 2.87. The number of methoxy groups -OCH3 is 2. The Kier molecular flexibility index (Phi) is 4.81. The molecular weight excluding hydrogens is 370 g/mol. The second kappa shape index (κ2) is 6.85. The summed E-state index contributed by atoms with van der Waals surface area (Å²) in [5.41, 5.74) is 1.76. The fraction of sp³-hybridized carbons (Fsp3) is 0.316. The van der Waals surface area contributed by atoms with Gasteiger partial charge in [-0.15, -0.1) is 0 Å². The van der Waals surface area contributed by atoms with Crippen molar-refractivity contribution in [1.82, 2.24) is 5.32 Å². The van der Waals surface area contributed by atoms with E-state index in [2.05, 4.69) is 21.2 Å². The minimum Gasteiger partial charge on any atom is -0.493 e. The number of ether oxygens (including phenoxy) is 2. The van der Waals surface area contributed by atoms with Gasteiger partial charge in [-0.25, -0.2) is 0 Å². The molecule has 0 atom stereocenters. The molecule has 1 aliphatic rings. The van der Waals surface area contributed by atoms with Gasteiger partial charge in [0.25, 0.3) is 0 Å². The maximum atomic E-state index is 12.5. The highest BCUT2D eigenvalue weighted by Gasteiger charge is 2.46. The molecule has 1 N–H and O–H groups in total. The molecule has 126 valence electrons. The van der Waals surface area contributed by atoms with E-state index in [0.29, 0.717) is 17.9 Å². The quantitative estimate of drug-likeness (QED) is 0.816. The van der Waals surface area contributed by atoms with Gasteiger partial charge < -0.3 is 14.8 Å². The monoisotopic (exact) mass is 389 g/mol. The zero-order valence-corrected chi connectivity index (χ0v) is 15.4. The third-order valence-corrected chi connectivity index (χ3v) is 5.15. The molecule has 0 radical (unpaired) electrons. The van der Waals surface area contributed by atoms with Crippen molar-refractivity contribution >= 4 is 21.8 Å². The summed E-state index contributed by atoms with van der Waals surface area (Å²) in [4.78, 5) is 12.5. The largest absolute Gasteiger partial charge is 0.493 e. The number of carbonyl (C=O) groups excluding carboxylic acids is 1. The minimum atomic E-state index is -0.280. The summed E-state index contributed by atoms with van der Waals surface area (Å²) in [5, 5.41) is 3.19. The van der Waals surface area contributed by atoms with E-state index in [9.17, 15) is 4.79 Å². The molecule has 3 rings (SSSR count). The summed E-state index contributed by atoms with van der Waals surface area (Å²) < 4.78 is 11.6. The van der Waals surface area contributed by atoms with Crippen LogP contribution >= 0.6 is 15.9 Å². The van der Waals surface area contributed by atoms with Crippen molar-refractivity contribution in [1.29, 1.82) is 0 Å². The molecule has 1 saturated carbocycles. The van der Waals surface area contributed by atoms with Gasteiger partial charge in [0.1, 0.15) is 0 Å². The van der Waals surface area contributed by atoms with Crippen LogP contribution in [0.25, 0.3) is 0 Å². The first kappa shape index (κ1) is 16.8. The van der Waals surface area contributed by atoms with Gasteiger partial charge in [-0.2, -0.15) is 0 Å². The lowest BCUT2D eigenvalue weighted by atomic mass is 10.0. The zero-order valence-electron chi connectivity index (χ0n) is 13.8. The van der Waals surface area contributed by atoms with Crippen molar-refractivity contribution in [3.05, 3.63) is 58.1 Å². The summed E-state index contributed by atoms with van der Waals surface area (Å²) in [6, 6.07) is 13.6. The van der Waals surface area contributed by atoms with Crippen molar-refractivity contribution in [2.75, 3.05) is 14.2 Å². The highest BCUT2D eigenvalue weighted by atomic mass is 79.9. The van der Waals surface area contributed by atoms with Crippen LogP contribution in [0.15, 0.2) is 46.9 Å². The summed E-state index contributed by atoms with van der Waals surface area (Å²) >= 11 is 3.49. The van der Waals surface area contributed by atoms with Crippen LogP contribution in [-0.2, 0) is 16.8 Å². The molecule has 0 saturated heterocycles.